The zero-order valence-corrected chi connectivity index (χ0v) is 12.3. The summed E-state index contributed by atoms with van der Waals surface area (Å²) in [6.45, 7) is 11.0. The van der Waals surface area contributed by atoms with Crippen LogP contribution in [0.3, 0.4) is 0 Å². The molecule has 1 saturated heterocycles. The molecule has 1 amide bonds. The summed E-state index contributed by atoms with van der Waals surface area (Å²) in [6.07, 6.45) is 0.622. The Morgan fingerprint density at radius 3 is 2.47 bits per heavy atom. The van der Waals surface area contributed by atoms with E-state index in [2.05, 4.69) is 36.9 Å². The average molecular weight is 260 g/mol. The lowest BCUT2D eigenvalue weighted by molar-refractivity contribution is -0.132. The van der Waals surface area contributed by atoms with Gasteiger partial charge in [-0.3, -0.25) is 9.69 Å². The minimum absolute atomic E-state index is 0.284. The first kappa shape index (κ1) is 14.1. The van der Waals surface area contributed by atoms with Gasteiger partial charge in [-0.15, -0.1) is 0 Å². The van der Waals surface area contributed by atoms with E-state index in [1.165, 1.54) is 16.7 Å². The second kappa shape index (κ2) is 6.20. The smallest absolute Gasteiger partial charge is 0.222 e. The zero-order chi connectivity index (χ0) is 13.8. The van der Waals surface area contributed by atoms with E-state index in [4.69, 9.17) is 0 Å². The fourth-order valence-electron chi connectivity index (χ4n) is 2.59. The molecule has 0 spiro atoms. The standard InChI is InChI=1S/C16H24N2O/c1-4-16(19)18-9-7-17(8-10-18)12-15-11-13(2)5-6-14(15)3/h5-6,11H,4,7-10,12H2,1-3H3. The number of benzene rings is 1. The Balaban J connectivity index is 1.92. The van der Waals surface area contributed by atoms with E-state index in [-0.39, 0.29) is 5.91 Å². The van der Waals surface area contributed by atoms with Crippen molar-refractivity contribution in [1.82, 2.24) is 9.80 Å². The van der Waals surface area contributed by atoms with E-state index in [9.17, 15) is 4.79 Å². The number of rotatable bonds is 3. The maximum Gasteiger partial charge on any atom is 0.222 e. The first-order valence-corrected chi connectivity index (χ1v) is 7.16. The van der Waals surface area contributed by atoms with Gasteiger partial charge in [-0.1, -0.05) is 30.7 Å². The second-order valence-electron chi connectivity index (χ2n) is 5.44. The molecule has 1 aliphatic rings. The van der Waals surface area contributed by atoms with Crippen molar-refractivity contribution in [3.8, 4) is 0 Å². The predicted molar refractivity (Wildman–Crippen MR) is 78.1 cm³/mol. The fraction of sp³-hybridized carbons (Fsp3) is 0.562. The number of aryl methyl sites for hydroxylation is 2. The Morgan fingerprint density at radius 2 is 1.84 bits per heavy atom. The highest BCUT2D eigenvalue weighted by Crippen LogP contribution is 2.15. The third-order valence-electron chi connectivity index (χ3n) is 3.93. The van der Waals surface area contributed by atoms with Gasteiger partial charge in [-0.05, 0) is 25.0 Å². The summed E-state index contributed by atoms with van der Waals surface area (Å²) < 4.78 is 0. The van der Waals surface area contributed by atoms with Gasteiger partial charge in [0.1, 0.15) is 0 Å². The zero-order valence-electron chi connectivity index (χ0n) is 12.3. The Kier molecular flexibility index (Phi) is 4.59. The maximum absolute atomic E-state index is 11.6. The van der Waals surface area contributed by atoms with Crippen molar-refractivity contribution in [2.24, 2.45) is 0 Å². The van der Waals surface area contributed by atoms with Crippen LogP contribution < -0.4 is 0 Å². The van der Waals surface area contributed by atoms with Crippen LogP contribution in [0.15, 0.2) is 18.2 Å². The minimum atomic E-state index is 0.284. The summed E-state index contributed by atoms with van der Waals surface area (Å²) >= 11 is 0. The number of nitrogens with zero attached hydrogens (tertiary/aromatic N) is 2. The summed E-state index contributed by atoms with van der Waals surface area (Å²) in [5.41, 5.74) is 4.09. The molecule has 0 aromatic heterocycles. The van der Waals surface area contributed by atoms with Crippen LogP contribution in [0.5, 0.6) is 0 Å². The Hall–Kier alpha value is -1.35. The Bertz CT molecular complexity index is 448. The van der Waals surface area contributed by atoms with Gasteiger partial charge in [0, 0.05) is 39.1 Å². The SMILES string of the molecule is CCC(=O)N1CCN(Cc2cc(C)ccc2C)CC1. The van der Waals surface area contributed by atoms with Crippen LogP contribution in [0.4, 0.5) is 0 Å². The Morgan fingerprint density at radius 1 is 1.16 bits per heavy atom. The average Bonchev–Trinajstić information content (AvgIpc) is 2.43. The lowest BCUT2D eigenvalue weighted by atomic mass is 10.0. The molecule has 0 bridgehead atoms. The third kappa shape index (κ3) is 3.57. The number of amides is 1. The molecule has 0 N–H and O–H groups in total. The predicted octanol–water partition coefficient (Wildman–Crippen LogP) is 2.36. The van der Waals surface area contributed by atoms with Crippen molar-refractivity contribution in [3.05, 3.63) is 34.9 Å². The summed E-state index contributed by atoms with van der Waals surface area (Å²) in [4.78, 5) is 16.1. The molecule has 104 valence electrons. The maximum atomic E-state index is 11.6. The van der Waals surface area contributed by atoms with E-state index >= 15 is 0 Å². The van der Waals surface area contributed by atoms with Crippen molar-refractivity contribution < 1.29 is 4.79 Å². The van der Waals surface area contributed by atoms with E-state index in [0.29, 0.717) is 6.42 Å². The molecule has 0 saturated carbocycles. The first-order chi connectivity index (χ1) is 9.10. The van der Waals surface area contributed by atoms with Gasteiger partial charge in [0.05, 0.1) is 0 Å². The molecule has 0 unspecified atom stereocenters. The molecule has 2 rings (SSSR count). The van der Waals surface area contributed by atoms with E-state index < -0.39 is 0 Å². The number of piperazine rings is 1. The second-order valence-corrected chi connectivity index (χ2v) is 5.44. The quantitative estimate of drug-likeness (QED) is 0.833. The molecule has 0 atom stereocenters. The molecule has 3 heteroatoms. The van der Waals surface area contributed by atoms with Crippen molar-refractivity contribution >= 4 is 5.91 Å². The summed E-state index contributed by atoms with van der Waals surface area (Å²) in [5, 5.41) is 0. The van der Waals surface area contributed by atoms with Crippen LogP contribution in [-0.4, -0.2) is 41.9 Å². The van der Waals surface area contributed by atoms with Gasteiger partial charge in [-0.2, -0.15) is 0 Å². The molecule has 1 fully saturated rings. The van der Waals surface area contributed by atoms with Crippen LogP contribution in [0.1, 0.15) is 30.0 Å². The van der Waals surface area contributed by atoms with Gasteiger partial charge < -0.3 is 4.90 Å². The molecule has 0 aliphatic carbocycles. The summed E-state index contributed by atoms with van der Waals surface area (Å²) in [5.74, 6) is 0.284. The molecule has 19 heavy (non-hydrogen) atoms. The molecule has 1 aliphatic heterocycles. The topological polar surface area (TPSA) is 23.6 Å². The third-order valence-corrected chi connectivity index (χ3v) is 3.93. The summed E-state index contributed by atoms with van der Waals surface area (Å²) in [6, 6.07) is 6.64. The van der Waals surface area contributed by atoms with Crippen LogP contribution >= 0.6 is 0 Å². The lowest BCUT2D eigenvalue weighted by Gasteiger charge is -2.35. The van der Waals surface area contributed by atoms with E-state index in [1.807, 2.05) is 11.8 Å². The lowest BCUT2D eigenvalue weighted by Crippen LogP contribution is -2.48. The van der Waals surface area contributed by atoms with Gasteiger partial charge in [0.25, 0.3) is 0 Å². The molecule has 3 nitrogen and oxygen atoms in total. The van der Waals surface area contributed by atoms with Gasteiger partial charge in [0.2, 0.25) is 5.91 Å². The normalized spacial score (nSPS) is 16.7. The number of carbonyl (C=O) groups excluding carboxylic acids is 1. The van der Waals surface area contributed by atoms with Crippen LogP contribution in [0, 0.1) is 13.8 Å². The van der Waals surface area contributed by atoms with Crippen LogP contribution in [0.2, 0.25) is 0 Å². The fourth-order valence-corrected chi connectivity index (χ4v) is 2.59. The molecule has 1 aromatic carbocycles. The highest BCUT2D eigenvalue weighted by Gasteiger charge is 2.20. The number of hydrogen-bond donors (Lipinski definition) is 0. The van der Waals surface area contributed by atoms with Crippen LogP contribution in [0.25, 0.3) is 0 Å². The van der Waals surface area contributed by atoms with Crippen molar-refractivity contribution in [2.45, 2.75) is 33.7 Å². The minimum Gasteiger partial charge on any atom is -0.340 e. The number of carbonyl (C=O) groups is 1. The summed E-state index contributed by atoms with van der Waals surface area (Å²) in [7, 11) is 0. The van der Waals surface area contributed by atoms with E-state index in [1.54, 1.807) is 0 Å². The van der Waals surface area contributed by atoms with Crippen LogP contribution in [-0.2, 0) is 11.3 Å². The van der Waals surface area contributed by atoms with Crippen molar-refractivity contribution in [3.63, 3.8) is 0 Å². The molecule has 1 aromatic rings. The molecule has 1 heterocycles. The molecular formula is C16H24N2O. The number of hydrogen-bond acceptors (Lipinski definition) is 2. The molecular weight excluding hydrogens is 236 g/mol. The highest BCUT2D eigenvalue weighted by molar-refractivity contribution is 5.75. The van der Waals surface area contributed by atoms with Gasteiger partial charge >= 0.3 is 0 Å². The van der Waals surface area contributed by atoms with Crippen molar-refractivity contribution in [1.29, 1.82) is 0 Å². The Labute approximate surface area is 116 Å². The monoisotopic (exact) mass is 260 g/mol. The van der Waals surface area contributed by atoms with E-state index in [0.717, 1.165) is 32.7 Å². The first-order valence-electron chi connectivity index (χ1n) is 7.16. The van der Waals surface area contributed by atoms with Crippen molar-refractivity contribution in [2.75, 3.05) is 26.2 Å². The van der Waals surface area contributed by atoms with Gasteiger partial charge in [-0.25, -0.2) is 0 Å². The molecule has 0 radical (unpaired) electrons. The van der Waals surface area contributed by atoms with Gasteiger partial charge in [0.15, 0.2) is 0 Å². The highest BCUT2D eigenvalue weighted by atomic mass is 16.2. The largest absolute Gasteiger partial charge is 0.340 e.